The molecular weight excluding hydrogens is 232 g/mol. The first-order valence-electron chi connectivity index (χ1n) is 6.15. The van der Waals surface area contributed by atoms with E-state index in [1.807, 2.05) is 0 Å². The van der Waals surface area contributed by atoms with Crippen molar-refractivity contribution in [1.29, 1.82) is 0 Å². The first-order chi connectivity index (χ1) is 8.79. The van der Waals surface area contributed by atoms with Crippen LogP contribution in [0.5, 0.6) is 5.75 Å². The molecule has 1 amide bonds. The Labute approximate surface area is 106 Å². The Morgan fingerprint density at radius 2 is 2.22 bits per heavy atom. The standard InChI is InChI=1S/C13H18N2O3/c14-7-9-17-11-5-3-10(4-6-11)15-13(16)12-2-1-8-18-12/h3-6,12H,1-2,7-9,14H2,(H,15,16). The van der Waals surface area contributed by atoms with Gasteiger partial charge >= 0.3 is 0 Å². The number of hydrogen-bond donors (Lipinski definition) is 2. The van der Waals surface area contributed by atoms with Crippen LogP contribution < -0.4 is 15.8 Å². The van der Waals surface area contributed by atoms with Crippen molar-refractivity contribution in [2.24, 2.45) is 5.73 Å². The van der Waals surface area contributed by atoms with Gasteiger partial charge < -0.3 is 20.5 Å². The lowest BCUT2D eigenvalue weighted by Crippen LogP contribution is -2.26. The second-order valence-corrected chi connectivity index (χ2v) is 4.15. The molecule has 1 saturated heterocycles. The molecule has 0 spiro atoms. The maximum atomic E-state index is 11.8. The number of nitrogens with one attached hydrogen (secondary N) is 1. The summed E-state index contributed by atoms with van der Waals surface area (Å²) in [6.07, 6.45) is 1.44. The third-order valence-corrected chi connectivity index (χ3v) is 2.73. The fraction of sp³-hybridized carbons (Fsp3) is 0.462. The average Bonchev–Trinajstić information content (AvgIpc) is 2.92. The molecule has 2 rings (SSSR count). The van der Waals surface area contributed by atoms with Crippen LogP contribution in [0.4, 0.5) is 5.69 Å². The first-order valence-corrected chi connectivity index (χ1v) is 6.15. The number of anilines is 1. The summed E-state index contributed by atoms with van der Waals surface area (Å²) in [5, 5.41) is 2.82. The van der Waals surface area contributed by atoms with Gasteiger partial charge in [0.05, 0.1) is 0 Å². The topological polar surface area (TPSA) is 73.6 Å². The van der Waals surface area contributed by atoms with Gasteiger partial charge in [0.1, 0.15) is 18.5 Å². The van der Waals surface area contributed by atoms with E-state index in [4.69, 9.17) is 15.2 Å². The fourth-order valence-corrected chi connectivity index (χ4v) is 1.82. The van der Waals surface area contributed by atoms with Crippen LogP contribution in [-0.4, -0.2) is 31.8 Å². The summed E-state index contributed by atoms with van der Waals surface area (Å²) in [5.74, 6) is 0.665. The highest BCUT2D eigenvalue weighted by Gasteiger charge is 2.23. The summed E-state index contributed by atoms with van der Waals surface area (Å²) in [7, 11) is 0. The molecule has 3 N–H and O–H groups in total. The number of carbonyl (C=O) groups excluding carboxylic acids is 1. The average molecular weight is 250 g/mol. The van der Waals surface area contributed by atoms with Crippen LogP contribution >= 0.6 is 0 Å². The van der Waals surface area contributed by atoms with Gasteiger partial charge in [0.2, 0.25) is 0 Å². The van der Waals surface area contributed by atoms with E-state index in [1.165, 1.54) is 0 Å². The molecular formula is C13H18N2O3. The first kappa shape index (κ1) is 12.9. The van der Waals surface area contributed by atoms with Gasteiger partial charge in [0.25, 0.3) is 5.91 Å². The van der Waals surface area contributed by atoms with Gasteiger partial charge in [-0.15, -0.1) is 0 Å². The lowest BCUT2D eigenvalue weighted by Gasteiger charge is -2.11. The van der Waals surface area contributed by atoms with Crippen LogP contribution in [0.3, 0.4) is 0 Å². The van der Waals surface area contributed by atoms with Crippen LogP contribution in [0.2, 0.25) is 0 Å². The van der Waals surface area contributed by atoms with E-state index in [1.54, 1.807) is 24.3 Å². The second kappa shape index (κ2) is 6.37. The number of nitrogens with two attached hydrogens (primary N) is 1. The van der Waals surface area contributed by atoms with Crippen molar-refractivity contribution in [3.8, 4) is 5.75 Å². The van der Waals surface area contributed by atoms with Gasteiger partial charge in [0.15, 0.2) is 0 Å². The zero-order valence-electron chi connectivity index (χ0n) is 10.2. The Bertz CT molecular complexity index is 386. The van der Waals surface area contributed by atoms with Crippen molar-refractivity contribution in [1.82, 2.24) is 0 Å². The van der Waals surface area contributed by atoms with Crippen LogP contribution in [0.15, 0.2) is 24.3 Å². The van der Waals surface area contributed by atoms with Crippen molar-refractivity contribution in [2.75, 3.05) is 25.1 Å². The van der Waals surface area contributed by atoms with Crippen molar-refractivity contribution in [3.63, 3.8) is 0 Å². The fourth-order valence-electron chi connectivity index (χ4n) is 1.82. The van der Waals surface area contributed by atoms with E-state index in [2.05, 4.69) is 5.32 Å². The number of ether oxygens (including phenoxy) is 2. The molecule has 1 unspecified atom stereocenters. The summed E-state index contributed by atoms with van der Waals surface area (Å²) >= 11 is 0. The van der Waals surface area contributed by atoms with Gasteiger partial charge in [-0.25, -0.2) is 0 Å². The summed E-state index contributed by atoms with van der Waals surface area (Å²) in [6.45, 7) is 1.64. The molecule has 1 aliphatic rings. The molecule has 98 valence electrons. The zero-order chi connectivity index (χ0) is 12.8. The quantitative estimate of drug-likeness (QED) is 0.822. The van der Waals surface area contributed by atoms with E-state index in [-0.39, 0.29) is 12.0 Å². The Balaban J connectivity index is 1.87. The molecule has 5 heteroatoms. The van der Waals surface area contributed by atoms with Crippen LogP contribution in [0, 0.1) is 0 Å². The highest BCUT2D eigenvalue weighted by Crippen LogP contribution is 2.18. The molecule has 0 aliphatic carbocycles. The SMILES string of the molecule is NCCOc1ccc(NC(=O)C2CCCO2)cc1. The summed E-state index contributed by atoms with van der Waals surface area (Å²) in [5.41, 5.74) is 6.09. The predicted molar refractivity (Wildman–Crippen MR) is 68.6 cm³/mol. The van der Waals surface area contributed by atoms with Gasteiger partial charge in [-0.1, -0.05) is 0 Å². The maximum absolute atomic E-state index is 11.8. The molecule has 18 heavy (non-hydrogen) atoms. The second-order valence-electron chi connectivity index (χ2n) is 4.15. The maximum Gasteiger partial charge on any atom is 0.253 e. The molecule has 1 heterocycles. The Kier molecular flexibility index (Phi) is 4.55. The van der Waals surface area contributed by atoms with Crippen LogP contribution in [-0.2, 0) is 9.53 Å². The third kappa shape index (κ3) is 3.45. The van der Waals surface area contributed by atoms with E-state index >= 15 is 0 Å². The zero-order valence-corrected chi connectivity index (χ0v) is 10.2. The highest BCUT2D eigenvalue weighted by atomic mass is 16.5. The molecule has 0 saturated carbocycles. The lowest BCUT2D eigenvalue weighted by molar-refractivity contribution is -0.124. The monoisotopic (exact) mass is 250 g/mol. The lowest BCUT2D eigenvalue weighted by atomic mass is 10.2. The van der Waals surface area contributed by atoms with Crippen molar-refractivity contribution in [2.45, 2.75) is 18.9 Å². The number of carbonyl (C=O) groups is 1. The smallest absolute Gasteiger partial charge is 0.253 e. The molecule has 1 aromatic rings. The Morgan fingerprint density at radius 1 is 1.44 bits per heavy atom. The minimum atomic E-state index is -0.307. The van der Waals surface area contributed by atoms with E-state index in [9.17, 15) is 4.79 Å². The molecule has 0 aromatic heterocycles. The van der Waals surface area contributed by atoms with Gasteiger partial charge in [-0.05, 0) is 37.1 Å². The van der Waals surface area contributed by atoms with Crippen LogP contribution in [0.25, 0.3) is 0 Å². The molecule has 0 radical (unpaired) electrons. The molecule has 0 bridgehead atoms. The number of benzene rings is 1. The minimum absolute atomic E-state index is 0.0804. The van der Waals surface area contributed by atoms with Gasteiger partial charge in [-0.2, -0.15) is 0 Å². The predicted octanol–water partition coefficient (Wildman–Crippen LogP) is 1.14. The van der Waals surface area contributed by atoms with E-state index in [0.717, 1.165) is 24.3 Å². The van der Waals surface area contributed by atoms with E-state index < -0.39 is 0 Å². The largest absolute Gasteiger partial charge is 0.492 e. The minimum Gasteiger partial charge on any atom is -0.492 e. The van der Waals surface area contributed by atoms with Gasteiger partial charge in [0, 0.05) is 18.8 Å². The Hall–Kier alpha value is -1.59. The van der Waals surface area contributed by atoms with Crippen molar-refractivity contribution < 1.29 is 14.3 Å². The number of amides is 1. The summed E-state index contributed by atoms with van der Waals surface area (Å²) in [6, 6.07) is 7.22. The molecule has 5 nitrogen and oxygen atoms in total. The van der Waals surface area contributed by atoms with Crippen LogP contribution in [0.1, 0.15) is 12.8 Å². The number of hydrogen-bond acceptors (Lipinski definition) is 4. The van der Waals surface area contributed by atoms with Crippen molar-refractivity contribution >= 4 is 11.6 Å². The summed E-state index contributed by atoms with van der Waals surface area (Å²) < 4.78 is 10.7. The molecule has 1 fully saturated rings. The molecule has 1 aliphatic heterocycles. The van der Waals surface area contributed by atoms with Crippen molar-refractivity contribution in [3.05, 3.63) is 24.3 Å². The number of rotatable bonds is 5. The normalized spacial score (nSPS) is 18.6. The molecule has 1 atom stereocenters. The molecule has 1 aromatic carbocycles. The summed E-state index contributed by atoms with van der Waals surface area (Å²) in [4.78, 5) is 11.8. The highest BCUT2D eigenvalue weighted by molar-refractivity contribution is 5.94. The third-order valence-electron chi connectivity index (χ3n) is 2.73. The van der Waals surface area contributed by atoms with E-state index in [0.29, 0.717) is 19.8 Å². The Morgan fingerprint density at radius 3 is 2.83 bits per heavy atom. The van der Waals surface area contributed by atoms with Gasteiger partial charge in [-0.3, -0.25) is 4.79 Å².